The largest absolute Gasteiger partial charge is 0.508 e. The number of nitrogens with zero attached hydrogens (tertiary/aromatic N) is 2. The van der Waals surface area contributed by atoms with Gasteiger partial charge in [0, 0.05) is 25.3 Å². The zero-order chi connectivity index (χ0) is 53.8. The van der Waals surface area contributed by atoms with Gasteiger partial charge in [-0.05, 0) is 101 Å². The van der Waals surface area contributed by atoms with E-state index in [0.717, 1.165) is 0 Å². The van der Waals surface area contributed by atoms with E-state index in [2.05, 4.69) is 59.8 Å². The van der Waals surface area contributed by atoms with E-state index in [1.165, 1.54) is 31.2 Å². The number of nitrogens with two attached hydrogens (primary N) is 6. The Morgan fingerprint density at radius 2 is 0.972 bits per heavy atom. The van der Waals surface area contributed by atoms with Gasteiger partial charge in [-0.2, -0.15) is 12.6 Å². The molecule has 7 amide bonds. The number of rotatable bonds is 34. The summed E-state index contributed by atoms with van der Waals surface area (Å²) in [5.41, 5.74) is 34.0. The molecular weight excluding hydrogens is 943 g/mol. The number of amides is 7. The molecule has 8 unspecified atom stereocenters. The Labute approximate surface area is 420 Å². The summed E-state index contributed by atoms with van der Waals surface area (Å²) in [4.78, 5) is 116. The van der Waals surface area contributed by atoms with Crippen molar-refractivity contribution < 1.29 is 48.6 Å². The van der Waals surface area contributed by atoms with Gasteiger partial charge < -0.3 is 81.8 Å². The van der Waals surface area contributed by atoms with Gasteiger partial charge in [0.05, 0.1) is 6.04 Å². The summed E-state index contributed by atoms with van der Waals surface area (Å²) in [7, 11) is 0. The number of carboxylic acid groups (broad SMARTS) is 1. The smallest absolute Gasteiger partial charge is 0.326 e. The van der Waals surface area contributed by atoms with Crippen molar-refractivity contribution >= 4 is 71.9 Å². The molecule has 0 aliphatic carbocycles. The standard InChI is InChI=1S/C45H79N15O10S/c1-24(2)20-29(47)37(63)60-35(23-71)42(68)54-26(5)36(62)55-30(10-6-7-17-46)38(64)56-31(11-8-18-52-44(48)49)39(65)58-33(21-25(3)4)40(66)59-34(22-27-13-15-28(61)16-14-27)41(67)57-32(43(69)70)12-9-19-53-45(50)51/h13-16,24-26,29-35,61,71H,6-12,17-23,46-47H2,1-5H3,(H,54,68)(H,55,62)(H,56,64)(H,57,67)(H,58,65)(H,59,66)(H,60,63)(H,69,70)(H4,48,49,52)(H4,50,51,53). The summed E-state index contributed by atoms with van der Waals surface area (Å²) in [6.45, 7) is 9.18. The molecule has 0 aliphatic rings. The van der Waals surface area contributed by atoms with Crippen LogP contribution in [0.3, 0.4) is 0 Å². The zero-order valence-corrected chi connectivity index (χ0v) is 42.3. The molecule has 0 heterocycles. The third-order valence-electron chi connectivity index (χ3n) is 10.7. The van der Waals surface area contributed by atoms with Gasteiger partial charge in [0.15, 0.2) is 11.9 Å². The van der Waals surface area contributed by atoms with Gasteiger partial charge >= 0.3 is 5.97 Å². The van der Waals surface area contributed by atoms with E-state index in [1.54, 1.807) is 13.8 Å². The topological polar surface area (TPSA) is 442 Å². The minimum Gasteiger partial charge on any atom is -0.508 e. The van der Waals surface area contributed by atoms with Crippen LogP contribution in [0, 0.1) is 11.8 Å². The van der Waals surface area contributed by atoms with Gasteiger partial charge in [-0.15, -0.1) is 0 Å². The summed E-state index contributed by atoms with van der Waals surface area (Å²) in [6, 6.07) is -4.08. The number of phenols is 1. The molecule has 21 N–H and O–H groups in total. The molecule has 0 fully saturated rings. The molecule has 25 nitrogen and oxygen atoms in total. The van der Waals surface area contributed by atoms with Crippen LogP contribution in [0.1, 0.15) is 98.0 Å². The first-order valence-electron chi connectivity index (χ1n) is 23.7. The summed E-state index contributed by atoms with van der Waals surface area (Å²) < 4.78 is 0. The number of carboxylic acids is 1. The minimum atomic E-state index is -1.39. The SMILES string of the molecule is CC(C)CC(N)C(=O)NC(CS)C(=O)NC(C)C(=O)NC(CCCCN)C(=O)NC(CCCN=C(N)N)C(=O)NC(CC(C)C)C(=O)NC(Cc1ccc(O)cc1)C(=O)NC(CCCN=C(N)N)C(=O)O. The van der Waals surface area contributed by atoms with Crippen LogP contribution in [0.15, 0.2) is 34.3 Å². The second-order valence-electron chi connectivity index (χ2n) is 18.0. The van der Waals surface area contributed by atoms with Crippen LogP contribution in [-0.4, -0.2) is 143 Å². The maximum Gasteiger partial charge on any atom is 0.326 e. The highest BCUT2D eigenvalue weighted by Crippen LogP contribution is 2.14. The van der Waals surface area contributed by atoms with E-state index in [4.69, 9.17) is 34.4 Å². The number of nitrogens with one attached hydrogen (secondary N) is 7. The molecule has 1 aromatic rings. The van der Waals surface area contributed by atoms with Gasteiger partial charge in [0.1, 0.15) is 48.0 Å². The average molecular weight is 1020 g/mol. The number of aliphatic carboxylic acids is 1. The Morgan fingerprint density at radius 1 is 0.549 bits per heavy atom. The number of phenolic OH excluding ortho intramolecular Hbond substituents is 1. The summed E-state index contributed by atoms with van der Waals surface area (Å²) in [5, 5.41) is 38.0. The van der Waals surface area contributed by atoms with E-state index in [9.17, 15) is 48.6 Å². The molecule has 26 heteroatoms. The van der Waals surface area contributed by atoms with Crippen molar-refractivity contribution in [2.24, 2.45) is 56.2 Å². The lowest BCUT2D eigenvalue weighted by Gasteiger charge is -2.28. The van der Waals surface area contributed by atoms with E-state index in [-0.39, 0.29) is 99.8 Å². The summed E-state index contributed by atoms with van der Waals surface area (Å²) in [6.07, 6.45) is 1.46. The van der Waals surface area contributed by atoms with Gasteiger partial charge in [-0.25, -0.2) is 4.79 Å². The molecule has 0 aliphatic heterocycles. The number of aromatic hydroxyl groups is 1. The summed E-state index contributed by atoms with van der Waals surface area (Å²) in [5.74, 6) is -7.30. The Bertz CT molecular complexity index is 1950. The zero-order valence-electron chi connectivity index (χ0n) is 41.4. The number of unbranched alkanes of at least 4 members (excludes halogenated alkanes) is 1. The second kappa shape index (κ2) is 33.2. The van der Waals surface area contributed by atoms with E-state index in [1.807, 2.05) is 13.8 Å². The van der Waals surface area contributed by atoms with Crippen LogP contribution in [0.2, 0.25) is 0 Å². The van der Waals surface area contributed by atoms with E-state index < -0.39 is 95.7 Å². The normalized spacial score (nSPS) is 14.5. The fourth-order valence-electron chi connectivity index (χ4n) is 6.93. The molecule has 1 rings (SSSR count). The Balaban J connectivity index is 3.46. The number of guanidine groups is 2. The number of benzene rings is 1. The van der Waals surface area contributed by atoms with Crippen molar-refractivity contribution in [1.29, 1.82) is 0 Å². The van der Waals surface area contributed by atoms with Crippen molar-refractivity contribution in [1.82, 2.24) is 37.2 Å². The van der Waals surface area contributed by atoms with Crippen LogP contribution in [0.25, 0.3) is 0 Å². The predicted octanol–water partition coefficient (Wildman–Crippen LogP) is -2.98. The highest BCUT2D eigenvalue weighted by Gasteiger charge is 2.34. The molecule has 8 atom stereocenters. The van der Waals surface area contributed by atoms with Crippen molar-refractivity contribution in [3.05, 3.63) is 29.8 Å². The molecule has 0 aromatic heterocycles. The Kier molecular flexibility index (Phi) is 29.3. The molecule has 0 saturated carbocycles. The molecular formula is C45H79N15O10S. The maximum absolute atomic E-state index is 14.3. The lowest BCUT2D eigenvalue weighted by molar-refractivity contribution is -0.142. The predicted molar refractivity (Wildman–Crippen MR) is 272 cm³/mol. The highest BCUT2D eigenvalue weighted by atomic mass is 32.1. The van der Waals surface area contributed by atoms with Crippen LogP contribution in [-0.2, 0) is 44.8 Å². The first-order valence-corrected chi connectivity index (χ1v) is 24.3. The molecule has 0 saturated heterocycles. The van der Waals surface area contributed by atoms with Crippen molar-refractivity contribution in [3.8, 4) is 5.75 Å². The van der Waals surface area contributed by atoms with Crippen LogP contribution in [0.5, 0.6) is 5.75 Å². The molecule has 1 aromatic carbocycles. The first-order chi connectivity index (χ1) is 33.4. The maximum atomic E-state index is 14.3. The van der Waals surface area contributed by atoms with Gasteiger partial charge in [0.25, 0.3) is 0 Å². The number of thiol groups is 1. The number of aliphatic imine (C=N–C) groups is 2. The van der Waals surface area contributed by atoms with E-state index in [0.29, 0.717) is 24.8 Å². The summed E-state index contributed by atoms with van der Waals surface area (Å²) >= 11 is 4.18. The molecule has 0 radical (unpaired) electrons. The molecule has 71 heavy (non-hydrogen) atoms. The van der Waals surface area contributed by atoms with Gasteiger partial charge in [-0.1, -0.05) is 39.8 Å². The van der Waals surface area contributed by atoms with Gasteiger partial charge in [-0.3, -0.25) is 43.5 Å². The monoisotopic (exact) mass is 1020 g/mol. The number of hydrogen-bond acceptors (Lipinski definition) is 14. The quantitative estimate of drug-likeness (QED) is 0.0142. The number of hydrogen-bond donors (Lipinski definition) is 16. The molecule has 0 spiro atoms. The molecule has 400 valence electrons. The van der Waals surface area contributed by atoms with Crippen LogP contribution in [0.4, 0.5) is 0 Å². The minimum absolute atomic E-state index is 0.0478. The van der Waals surface area contributed by atoms with Gasteiger partial charge in [0.2, 0.25) is 41.4 Å². The first kappa shape index (κ1) is 62.6. The average Bonchev–Trinajstić information content (AvgIpc) is 3.28. The van der Waals surface area contributed by atoms with Crippen molar-refractivity contribution in [2.45, 2.75) is 147 Å². The third-order valence-corrected chi connectivity index (χ3v) is 11.1. The molecule has 0 bridgehead atoms. The second-order valence-corrected chi connectivity index (χ2v) is 18.4. The number of carbonyl (C=O) groups excluding carboxylic acids is 7. The van der Waals surface area contributed by atoms with Crippen LogP contribution < -0.4 is 71.6 Å². The highest BCUT2D eigenvalue weighted by molar-refractivity contribution is 7.80. The van der Waals surface area contributed by atoms with Crippen molar-refractivity contribution in [2.75, 3.05) is 25.4 Å². The Morgan fingerprint density at radius 3 is 1.46 bits per heavy atom. The van der Waals surface area contributed by atoms with E-state index >= 15 is 0 Å². The third kappa shape index (κ3) is 25.9. The fourth-order valence-corrected chi connectivity index (χ4v) is 7.19. The Hall–Kier alpha value is -6.41. The lowest BCUT2D eigenvalue weighted by Crippen LogP contribution is -2.60. The fraction of sp³-hybridized carbons (Fsp3) is 0.644. The number of carbonyl (C=O) groups is 8. The van der Waals surface area contributed by atoms with Crippen LogP contribution >= 0.6 is 12.6 Å². The lowest BCUT2D eigenvalue weighted by atomic mass is 9.99. The van der Waals surface area contributed by atoms with Crippen molar-refractivity contribution in [3.63, 3.8) is 0 Å².